The average molecular weight is 311 g/mol. The molecule has 0 unspecified atom stereocenters. The molecule has 0 spiro atoms. The number of rotatable bonds is 3. The maximum atomic E-state index is 12.1. The van der Waals surface area contributed by atoms with Crippen LogP contribution < -0.4 is 15.8 Å². The van der Waals surface area contributed by atoms with Gasteiger partial charge in [-0.1, -0.05) is 23.2 Å². The number of nitrogens with two attached hydrogens (primary N) is 1. The number of methoxy groups -OCH3 is 1. The monoisotopic (exact) mass is 310 g/mol. The summed E-state index contributed by atoms with van der Waals surface area (Å²) >= 11 is 11.8. The Morgan fingerprint density at radius 3 is 2.35 bits per heavy atom. The maximum Gasteiger partial charge on any atom is 0.255 e. The number of hydrogen-bond acceptors (Lipinski definition) is 3. The Morgan fingerprint density at radius 2 is 1.75 bits per heavy atom. The topological polar surface area (TPSA) is 64.3 Å². The van der Waals surface area contributed by atoms with Gasteiger partial charge >= 0.3 is 0 Å². The van der Waals surface area contributed by atoms with E-state index in [4.69, 9.17) is 33.7 Å². The number of carbonyl (C=O) groups is 1. The van der Waals surface area contributed by atoms with Gasteiger partial charge in [-0.25, -0.2) is 0 Å². The molecule has 20 heavy (non-hydrogen) atoms. The molecule has 6 heteroatoms. The largest absolute Gasteiger partial charge is 0.497 e. The molecule has 1 amide bonds. The summed E-state index contributed by atoms with van der Waals surface area (Å²) in [6.45, 7) is 0. The Labute approximate surface area is 126 Å². The number of anilines is 2. The zero-order valence-electron chi connectivity index (χ0n) is 10.6. The van der Waals surface area contributed by atoms with E-state index in [1.807, 2.05) is 0 Å². The number of ether oxygens (including phenoxy) is 1. The van der Waals surface area contributed by atoms with Crippen LogP contribution in [0.1, 0.15) is 10.4 Å². The summed E-state index contributed by atoms with van der Waals surface area (Å²) in [5, 5.41) is 3.58. The minimum absolute atomic E-state index is 0.325. The standard InChI is InChI=1S/C14H12Cl2N2O2/c1-20-13-3-8(2-11(17)7-13)14(19)18-12-5-9(15)4-10(16)6-12/h2-7H,17H2,1H3,(H,18,19). The van der Waals surface area contributed by atoms with Gasteiger partial charge in [0.2, 0.25) is 0 Å². The molecule has 0 saturated carbocycles. The molecule has 2 aromatic rings. The van der Waals surface area contributed by atoms with E-state index in [0.29, 0.717) is 32.7 Å². The number of benzene rings is 2. The van der Waals surface area contributed by atoms with Crippen LogP contribution in [0.3, 0.4) is 0 Å². The molecule has 0 fully saturated rings. The molecule has 0 heterocycles. The molecule has 104 valence electrons. The van der Waals surface area contributed by atoms with Crippen molar-refractivity contribution in [3.05, 3.63) is 52.0 Å². The molecule has 3 N–H and O–H groups in total. The van der Waals surface area contributed by atoms with Crippen LogP contribution in [0.15, 0.2) is 36.4 Å². The van der Waals surface area contributed by atoms with Gasteiger partial charge in [-0.2, -0.15) is 0 Å². The van der Waals surface area contributed by atoms with Gasteiger partial charge in [0.05, 0.1) is 7.11 Å². The minimum atomic E-state index is -0.325. The Kier molecular flexibility index (Phi) is 4.37. The summed E-state index contributed by atoms with van der Waals surface area (Å²) in [5.41, 5.74) is 7.05. The molecule has 2 rings (SSSR count). The van der Waals surface area contributed by atoms with Crippen LogP contribution in [-0.4, -0.2) is 13.0 Å². The molecular formula is C14H12Cl2N2O2. The average Bonchev–Trinajstić information content (AvgIpc) is 2.36. The highest BCUT2D eigenvalue weighted by Gasteiger charge is 2.09. The fourth-order valence-corrected chi connectivity index (χ4v) is 2.23. The molecule has 0 bridgehead atoms. The Hall–Kier alpha value is -1.91. The summed E-state index contributed by atoms with van der Waals surface area (Å²) in [4.78, 5) is 12.1. The van der Waals surface area contributed by atoms with E-state index in [9.17, 15) is 4.79 Å². The highest BCUT2D eigenvalue weighted by molar-refractivity contribution is 6.35. The van der Waals surface area contributed by atoms with E-state index >= 15 is 0 Å². The fourth-order valence-electron chi connectivity index (χ4n) is 1.70. The van der Waals surface area contributed by atoms with E-state index in [1.165, 1.54) is 7.11 Å². The fraction of sp³-hybridized carbons (Fsp3) is 0.0714. The van der Waals surface area contributed by atoms with Gasteiger partial charge in [-0.15, -0.1) is 0 Å². The third-order valence-corrected chi connectivity index (χ3v) is 2.98. The zero-order valence-corrected chi connectivity index (χ0v) is 12.1. The summed E-state index contributed by atoms with van der Waals surface area (Å²) in [6, 6.07) is 9.58. The third kappa shape index (κ3) is 3.56. The quantitative estimate of drug-likeness (QED) is 0.847. The molecule has 0 aliphatic rings. The normalized spacial score (nSPS) is 10.2. The SMILES string of the molecule is COc1cc(N)cc(C(=O)Nc2cc(Cl)cc(Cl)c2)c1. The van der Waals surface area contributed by atoms with Crippen LogP contribution in [0.25, 0.3) is 0 Å². The summed E-state index contributed by atoms with van der Waals surface area (Å²) in [6.07, 6.45) is 0. The number of halogens is 2. The van der Waals surface area contributed by atoms with Gasteiger partial charge < -0.3 is 15.8 Å². The summed E-state index contributed by atoms with van der Waals surface area (Å²) in [7, 11) is 1.51. The van der Waals surface area contributed by atoms with Crippen LogP contribution in [0, 0.1) is 0 Å². The van der Waals surface area contributed by atoms with Crippen molar-refractivity contribution < 1.29 is 9.53 Å². The lowest BCUT2D eigenvalue weighted by Gasteiger charge is -2.09. The second-order valence-electron chi connectivity index (χ2n) is 4.11. The Morgan fingerprint density at radius 1 is 1.10 bits per heavy atom. The highest BCUT2D eigenvalue weighted by atomic mass is 35.5. The molecule has 4 nitrogen and oxygen atoms in total. The van der Waals surface area contributed by atoms with Crippen LogP contribution in [0.4, 0.5) is 11.4 Å². The first kappa shape index (κ1) is 14.5. The van der Waals surface area contributed by atoms with Crippen molar-refractivity contribution >= 4 is 40.5 Å². The smallest absolute Gasteiger partial charge is 0.255 e. The van der Waals surface area contributed by atoms with E-state index in [1.54, 1.807) is 36.4 Å². The molecule has 0 saturated heterocycles. The predicted octanol–water partition coefficient (Wildman–Crippen LogP) is 3.84. The molecule has 0 aliphatic heterocycles. The zero-order chi connectivity index (χ0) is 14.7. The van der Waals surface area contributed by atoms with Crippen molar-refractivity contribution in [3.63, 3.8) is 0 Å². The van der Waals surface area contributed by atoms with Gasteiger partial charge in [-0.05, 0) is 30.3 Å². The van der Waals surface area contributed by atoms with Crippen molar-refractivity contribution in [3.8, 4) is 5.75 Å². The molecule has 2 aromatic carbocycles. The van der Waals surface area contributed by atoms with Crippen molar-refractivity contribution in [1.82, 2.24) is 0 Å². The Bertz CT molecular complexity index is 639. The second kappa shape index (κ2) is 6.03. The van der Waals surface area contributed by atoms with Gasteiger partial charge in [0, 0.05) is 33.0 Å². The molecule has 0 aliphatic carbocycles. The summed E-state index contributed by atoms with van der Waals surface area (Å²) < 4.78 is 5.07. The van der Waals surface area contributed by atoms with Crippen LogP contribution in [0.5, 0.6) is 5.75 Å². The predicted molar refractivity (Wildman–Crippen MR) is 81.8 cm³/mol. The Balaban J connectivity index is 2.25. The first-order valence-corrected chi connectivity index (χ1v) is 6.45. The highest BCUT2D eigenvalue weighted by Crippen LogP contribution is 2.24. The first-order valence-electron chi connectivity index (χ1n) is 5.70. The first-order chi connectivity index (χ1) is 9.47. The third-order valence-electron chi connectivity index (χ3n) is 2.55. The van der Waals surface area contributed by atoms with Crippen molar-refractivity contribution in [1.29, 1.82) is 0 Å². The molecule has 0 radical (unpaired) electrons. The lowest BCUT2D eigenvalue weighted by atomic mass is 10.1. The van der Waals surface area contributed by atoms with E-state index < -0.39 is 0 Å². The van der Waals surface area contributed by atoms with E-state index in [-0.39, 0.29) is 5.91 Å². The van der Waals surface area contributed by atoms with E-state index in [2.05, 4.69) is 5.32 Å². The maximum absolute atomic E-state index is 12.1. The van der Waals surface area contributed by atoms with Crippen LogP contribution in [-0.2, 0) is 0 Å². The van der Waals surface area contributed by atoms with Crippen LogP contribution in [0.2, 0.25) is 10.0 Å². The number of carbonyl (C=O) groups excluding carboxylic acids is 1. The van der Waals surface area contributed by atoms with Gasteiger partial charge in [-0.3, -0.25) is 4.79 Å². The van der Waals surface area contributed by atoms with Crippen molar-refractivity contribution in [2.75, 3.05) is 18.2 Å². The van der Waals surface area contributed by atoms with E-state index in [0.717, 1.165) is 0 Å². The van der Waals surface area contributed by atoms with Crippen molar-refractivity contribution in [2.45, 2.75) is 0 Å². The van der Waals surface area contributed by atoms with Gasteiger partial charge in [0.1, 0.15) is 5.75 Å². The number of hydrogen-bond donors (Lipinski definition) is 2. The molecule has 0 atom stereocenters. The summed E-state index contributed by atoms with van der Waals surface area (Å²) in [5.74, 6) is 0.188. The number of nitrogens with one attached hydrogen (secondary N) is 1. The van der Waals surface area contributed by atoms with Gasteiger partial charge in [0.15, 0.2) is 0 Å². The lowest BCUT2D eigenvalue weighted by molar-refractivity contribution is 0.102. The van der Waals surface area contributed by atoms with Crippen LogP contribution >= 0.6 is 23.2 Å². The molecule has 0 aromatic heterocycles. The number of amides is 1. The lowest BCUT2D eigenvalue weighted by Crippen LogP contribution is -2.12. The minimum Gasteiger partial charge on any atom is -0.497 e. The second-order valence-corrected chi connectivity index (χ2v) is 4.98. The van der Waals surface area contributed by atoms with Crippen molar-refractivity contribution in [2.24, 2.45) is 0 Å². The molecular weight excluding hydrogens is 299 g/mol. The van der Waals surface area contributed by atoms with Gasteiger partial charge in [0.25, 0.3) is 5.91 Å². The number of nitrogen functional groups attached to an aromatic ring is 1.